The van der Waals surface area contributed by atoms with Crippen LogP contribution in [0.3, 0.4) is 0 Å². The monoisotopic (exact) mass is 342 g/mol. The van der Waals surface area contributed by atoms with Crippen molar-refractivity contribution >= 4 is 11.6 Å². The minimum Gasteiger partial charge on any atom is -0.497 e. The van der Waals surface area contributed by atoms with Gasteiger partial charge in [-0.15, -0.1) is 0 Å². The molecule has 0 spiro atoms. The topological polar surface area (TPSA) is 59.6 Å². The Bertz CT molecular complexity index is 713. The van der Waals surface area contributed by atoms with E-state index in [2.05, 4.69) is 16.7 Å². The molecule has 25 heavy (non-hydrogen) atoms. The highest BCUT2D eigenvalue weighted by Gasteiger charge is 2.19. The highest BCUT2D eigenvalue weighted by molar-refractivity contribution is 5.94. The van der Waals surface area contributed by atoms with E-state index < -0.39 is 0 Å². The number of hydrogen-bond acceptors (Lipinski definition) is 4. The van der Waals surface area contributed by atoms with Gasteiger partial charge in [-0.2, -0.15) is 0 Å². The second-order valence-electron chi connectivity index (χ2n) is 6.07. The lowest BCUT2D eigenvalue weighted by Crippen LogP contribution is -2.39. The Balaban J connectivity index is 2.01. The summed E-state index contributed by atoms with van der Waals surface area (Å²) in [7, 11) is 3.27. The molecule has 0 aromatic heterocycles. The average molecular weight is 342 g/mol. The molecule has 2 aromatic carbocycles. The van der Waals surface area contributed by atoms with Gasteiger partial charge in [0, 0.05) is 17.3 Å². The van der Waals surface area contributed by atoms with Gasteiger partial charge in [0.1, 0.15) is 11.5 Å². The average Bonchev–Trinajstić information content (AvgIpc) is 2.62. The first-order valence-electron chi connectivity index (χ1n) is 8.30. The molecule has 2 unspecified atom stereocenters. The normalized spacial score (nSPS) is 13.0. The molecule has 134 valence electrons. The van der Waals surface area contributed by atoms with Gasteiger partial charge < -0.3 is 14.8 Å². The first-order valence-corrected chi connectivity index (χ1v) is 8.30. The highest BCUT2D eigenvalue weighted by Crippen LogP contribution is 2.26. The lowest BCUT2D eigenvalue weighted by molar-refractivity contribution is -0.117. The molecule has 0 bridgehead atoms. The van der Waals surface area contributed by atoms with Crippen molar-refractivity contribution in [1.29, 1.82) is 0 Å². The van der Waals surface area contributed by atoms with Crippen LogP contribution in [-0.4, -0.2) is 26.2 Å². The zero-order valence-electron chi connectivity index (χ0n) is 15.4. The third-order valence-electron chi connectivity index (χ3n) is 4.10. The Hall–Kier alpha value is -2.53. The van der Waals surface area contributed by atoms with Gasteiger partial charge in [0.15, 0.2) is 0 Å². The van der Waals surface area contributed by atoms with Crippen LogP contribution in [0.4, 0.5) is 5.69 Å². The fourth-order valence-electron chi connectivity index (χ4n) is 2.66. The summed E-state index contributed by atoms with van der Waals surface area (Å²) in [6.07, 6.45) is 0. The van der Waals surface area contributed by atoms with Crippen molar-refractivity contribution in [1.82, 2.24) is 5.32 Å². The number of methoxy groups -OCH3 is 2. The molecule has 0 heterocycles. The molecule has 0 radical (unpaired) electrons. The van der Waals surface area contributed by atoms with E-state index in [1.807, 2.05) is 57.2 Å². The Morgan fingerprint density at radius 3 is 2.28 bits per heavy atom. The Morgan fingerprint density at radius 1 is 1.00 bits per heavy atom. The van der Waals surface area contributed by atoms with Crippen molar-refractivity contribution in [3.63, 3.8) is 0 Å². The van der Waals surface area contributed by atoms with Crippen LogP contribution in [0.5, 0.6) is 11.5 Å². The highest BCUT2D eigenvalue weighted by atomic mass is 16.5. The van der Waals surface area contributed by atoms with Gasteiger partial charge in [-0.3, -0.25) is 10.1 Å². The molecule has 2 N–H and O–H groups in total. The van der Waals surface area contributed by atoms with Crippen LogP contribution in [0.2, 0.25) is 0 Å². The third kappa shape index (κ3) is 4.97. The second-order valence-corrected chi connectivity index (χ2v) is 6.07. The van der Waals surface area contributed by atoms with Crippen molar-refractivity contribution < 1.29 is 14.3 Å². The van der Waals surface area contributed by atoms with E-state index in [-0.39, 0.29) is 18.0 Å². The van der Waals surface area contributed by atoms with E-state index >= 15 is 0 Å². The zero-order valence-corrected chi connectivity index (χ0v) is 15.4. The summed E-state index contributed by atoms with van der Waals surface area (Å²) in [5, 5.41) is 6.23. The quantitative estimate of drug-likeness (QED) is 0.806. The number of hydrogen-bond donors (Lipinski definition) is 2. The molecule has 1 amide bonds. The predicted molar refractivity (Wildman–Crippen MR) is 100 cm³/mol. The summed E-state index contributed by atoms with van der Waals surface area (Å²) in [6.45, 7) is 5.90. The van der Waals surface area contributed by atoms with E-state index in [0.29, 0.717) is 0 Å². The van der Waals surface area contributed by atoms with Crippen LogP contribution in [0.15, 0.2) is 42.5 Å². The maximum absolute atomic E-state index is 12.4. The molecule has 0 aliphatic rings. The molecule has 2 atom stereocenters. The van der Waals surface area contributed by atoms with Gasteiger partial charge in [0.25, 0.3) is 0 Å². The molecular formula is C20H26N2O3. The first-order chi connectivity index (χ1) is 11.9. The summed E-state index contributed by atoms with van der Waals surface area (Å²) >= 11 is 0. The van der Waals surface area contributed by atoms with Crippen molar-refractivity contribution in [3.8, 4) is 11.5 Å². The number of amides is 1. The van der Waals surface area contributed by atoms with E-state index in [1.165, 1.54) is 0 Å². The number of aryl methyl sites for hydroxylation is 1. The van der Waals surface area contributed by atoms with Crippen LogP contribution in [0.1, 0.15) is 31.0 Å². The van der Waals surface area contributed by atoms with Crippen LogP contribution in [0, 0.1) is 6.92 Å². The molecule has 0 aliphatic heterocycles. The number of ether oxygens (including phenoxy) is 2. The number of anilines is 1. The summed E-state index contributed by atoms with van der Waals surface area (Å²) in [5.41, 5.74) is 2.92. The fourth-order valence-corrected chi connectivity index (χ4v) is 2.66. The van der Waals surface area contributed by atoms with Gasteiger partial charge in [0.05, 0.1) is 20.3 Å². The zero-order chi connectivity index (χ0) is 18.4. The lowest BCUT2D eigenvalue weighted by Gasteiger charge is -2.22. The summed E-state index contributed by atoms with van der Waals surface area (Å²) in [5.74, 6) is 1.47. The summed E-state index contributed by atoms with van der Waals surface area (Å²) in [4.78, 5) is 12.4. The van der Waals surface area contributed by atoms with Gasteiger partial charge in [-0.05, 0) is 51.1 Å². The molecular weight excluding hydrogens is 316 g/mol. The molecule has 2 aromatic rings. The van der Waals surface area contributed by atoms with Gasteiger partial charge in [-0.1, -0.05) is 17.7 Å². The molecule has 5 heteroatoms. The number of carbonyl (C=O) groups excluding carboxylic acids is 1. The van der Waals surface area contributed by atoms with Crippen LogP contribution in [0.25, 0.3) is 0 Å². The molecule has 0 saturated carbocycles. The smallest absolute Gasteiger partial charge is 0.241 e. The largest absolute Gasteiger partial charge is 0.497 e. The van der Waals surface area contributed by atoms with E-state index in [9.17, 15) is 4.79 Å². The number of nitrogens with one attached hydrogen (secondary N) is 2. The van der Waals surface area contributed by atoms with E-state index in [1.54, 1.807) is 14.2 Å². The molecule has 5 nitrogen and oxygen atoms in total. The minimum atomic E-state index is -0.359. The standard InChI is InChI=1S/C20H26N2O3/c1-13-6-11-19(25-5)18(12-13)14(2)21-15(3)20(23)22-16-7-9-17(24-4)10-8-16/h6-12,14-15,21H,1-5H3,(H,22,23). The van der Waals surface area contributed by atoms with Gasteiger partial charge in [-0.25, -0.2) is 0 Å². The predicted octanol–water partition coefficient (Wildman–Crippen LogP) is 3.69. The SMILES string of the molecule is COc1ccc(NC(=O)C(C)NC(C)c2cc(C)ccc2OC)cc1. The first kappa shape index (κ1) is 18.8. The minimum absolute atomic E-state index is 0.0218. The Labute approximate surface area is 149 Å². The fraction of sp³-hybridized carbons (Fsp3) is 0.350. The summed E-state index contributed by atoms with van der Waals surface area (Å²) in [6, 6.07) is 12.9. The molecule has 0 saturated heterocycles. The molecule has 0 fully saturated rings. The number of benzene rings is 2. The van der Waals surface area contributed by atoms with Crippen molar-refractivity contribution in [2.24, 2.45) is 0 Å². The van der Waals surface area contributed by atoms with Crippen LogP contribution in [-0.2, 0) is 4.79 Å². The van der Waals surface area contributed by atoms with Crippen molar-refractivity contribution in [2.45, 2.75) is 32.9 Å². The third-order valence-corrected chi connectivity index (χ3v) is 4.10. The van der Waals surface area contributed by atoms with E-state index in [4.69, 9.17) is 9.47 Å². The maximum Gasteiger partial charge on any atom is 0.241 e. The molecule has 2 rings (SSSR count). The van der Waals surface area contributed by atoms with Crippen molar-refractivity contribution in [2.75, 3.05) is 19.5 Å². The van der Waals surface area contributed by atoms with Gasteiger partial charge in [0.2, 0.25) is 5.91 Å². The number of rotatable bonds is 7. The van der Waals surface area contributed by atoms with Crippen molar-refractivity contribution in [3.05, 3.63) is 53.6 Å². The molecule has 0 aliphatic carbocycles. The van der Waals surface area contributed by atoms with Crippen LogP contribution < -0.4 is 20.1 Å². The second kappa shape index (κ2) is 8.53. The Morgan fingerprint density at radius 2 is 1.68 bits per heavy atom. The van der Waals surface area contributed by atoms with Crippen LogP contribution >= 0.6 is 0 Å². The number of carbonyl (C=O) groups is 1. The van der Waals surface area contributed by atoms with E-state index in [0.717, 1.165) is 28.3 Å². The lowest BCUT2D eigenvalue weighted by atomic mass is 10.0. The Kier molecular flexibility index (Phi) is 6.42. The summed E-state index contributed by atoms with van der Waals surface area (Å²) < 4.78 is 10.5. The van der Waals surface area contributed by atoms with Gasteiger partial charge >= 0.3 is 0 Å². The maximum atomic E-state index is 12.4.